The summed E-state index contributed by atoms with van der Waals surface area (Å²) in [5.41, 5.74) is 4.11. The molecule has 0 spiro atoms. The summed E-state index contributed by atoms with van der Waals surface area (Å²) in [6.07, 6.45) is -0.593. The van der Waals surface area contributed by atoms with Crippen LogP contribution in [-0.2, 0) is 17.2 Å². The lowest BCUT2D eigenvalue weighted by molar-refractivity contribution is 0.508. The molecule has 0 saturated heterocycles. The van der Waals surface area contributed by atoms with Gasteiger partial charge in [-0.05, 0) is 23.6 Å². The predicted octanol–water partition coefficient (Wildman–Crippen LogP) is 5.01. The lowest BCUT2D eigenvalue weighted by Crippen LogP contribution is -2.25. The Hall–Kier alpha value is -0.630. The average molecular weight is 336 g/mol. The second-order valence-electron chi connectivity index (χ2n) is 6.43. The van der Waals surface area contributed by atoms with E-state index in [1.54, 1.807) is 0 Å². The van der Waals surface area contributed by atoms with Crippen molar-refractivity contribution >= 4 is 23.7 Å². The molecule has 1 atom stereocenters. The highest BCUT2D eigenvalue weighted by molar-refractivity contribution is 8.15. The summed E-state index contributed by atoms with van der Waals surface area (Å²) in [4.78, 5) is 2.34. The molecule has 22 heavy (non-hydrogen) atoms. The van der Waals surface area contributed by atoms with E-state index in [2.05, 4.69) is 81.3 Å². The lowest BCUT2D eigenvalue weighted by atomic mass is 9.84. The Bertz CT molecular complexity index is 617. The number of allylic oxidation sites excluding steroid dienone is 1. The third-order valence-electron chi connectivity index (χ3n) is 4.93. The van der Waals surface area contributed by atoms with Crippen LogP contribution in [0.2, 0.25) is 0 Å². The fourth-order valence-corrected chi connectivity index (χ4v) is 7.07. The quantitative estimate of drug-likeness (QED) is 0.698. The molecule has 0 amide bonds. The van der Waals surface area contributed by atoms with Gasteiger partial charge in [0.1, 0.15) is 0 Å². The van der Waals surface area contributed by atoms with Crippen molar-refractivity contribution in [3.63, 3.8) is 0 Å². The van der Waals surface area contributed by atoms with Gasteiger partial charge >= 0.3 is 0 Å². The maximum atomic E-state index is 6.16. The zero-order chi connectivity index (χ0) is 16.5. The third-order valence-corrected chi connectivity index (χ3v) is 9.79. The molecule has 0 aromatic heterocycles. The molecule has 0 radical (unpaired) electrons. The number of benzene rings is 1. The Morgan fingerprint density at radius 3 is 2.27 bits per heavy atom. The van der Waals surface area contributed by atoms with Crippen molar-refractivity contribution in [2.24, 2.45) is 0 Å². The lowest BCUT2D eigenvalue weighted by Gasteiger charge is -2.34. The highest BCUT2D eigenvalue weighted by atomic mass is 32.4. The smallest absolute Gasteiger partial charge is 0.0448 e. The normalized spacial score (nSPS) is 21.2. The fraction of sp³-hybridized carbons (Fsp3) is 0.556. The van der Waals surface area contributed by atoms with Crippen molar-refractivity contribution in [3.8, 4) is 0 Å². The SMILES string of the molecule is CCN(CC)[P@@](=S)(C=C1N(C)c2ccccc2C1(C)C)CC. The van der Waals surface area contributed by atoms with Gasteiger partial charge in [-0.25, -0.2) is 0 Å². The van der Waals surface area contributed by atoms with Crippen LogP contribution in [0.5, 0.6) is 0 Å². The van der Waals surface area contributed by atoms with E-state index in [0.717, 1.165) is 19.3 Å². The van der Waals surface area contributed by atoms with Gasteiger partial charge in [-0.1, -0.05) is 64.6 Å². The van der Waals surface area contributed by atoms with Crippen molar-refractivity contribution in [1.82, 2.24) is 4.67 Å². The van der Waals surface area contributed by atoms with E-state index in [-0.39, 0.29) is 5.41 Å². The second-order valence-corrected chi connectivity index (χ2v) is 11.3. The topological polar surface area (TPSA) is 6.48 Å². The van der Waals surface area contributed by atoms with Crippen molar-refractivity contribution in [2.45, 2.75) is 40.0 Å². The molecular weight excluding hydrogens is 307 g/mol. The molecular formula is C18H29N2PS. The van der Waals surface area contributed by atoms with Gasteiger partial charge in [-0.15, -0.1) is 0 Å². The monoisotopic (exact) mass is 336 g/mol. The van der Waals surface area contributed by atoms with Crippen molar-refractivity contribution in [2.75, 3.05) is 31.2 Å². The molecule has 1 heterocycles. The van der Waals surface area contributed by atoms with Gasteiger partial charge < -0.3 is 4.90 Å². The van der Waals surface area contributed by atoms with Gasteiger partial charge in [0.05, 0.1) is 0 Å². The van der Waals surface area contributed by atoms with E-state index < -0.39 is 6.19 Å². The van der Waals surface area contributed by atoms with Crippen molar-refractivity contribution < 1.29 is 0 Å². The molecule has 0 aliphatic carbocycles. The molecule has 1 aliphatic heterocycles. The van der Waals surface area contributed by atoms with E-state index in [9.17, 15) is 0 Å². The first-order valence-electron chi connectivity index (χ1n) is 8.22. The molecule has 0 unspecified atom stereocenters. The van der Waals surface area contributed by atoms with Gasteiger partial charge in [-0.3, -0.25) is 4.67 Å². The summed E-state index contributed by atoms with van der Waals surface area (Å²) in [7, 11) is 2.18. The molecule has 0 saturated carbocycles. The van der Waals surface area contributed by atoms with Crippen LogP contribution in [-0.4, -0.2) is 31.0 Å². The molecule has 1 aliphatic rings. The summed E-state index contributed by atoms with van der Waals surface area (Å²) < 4.78 is 2.49. The van der Waals surface area contributed by atoms with Crippen LogP contribution in [0.25, 0.3) is 0 Å². The van der Waals surface area contributed by atoms with Crippen molar-refractivity contribution in [3.05, 3.63) is 41.3 Å². The number of fused-ring (bicyclic) bond motifs is 1. The molecule has 2 rings (SSSR count). The van der Waals surface area contributed by atoms with Gasteiger partial charge in [0, 0.05) is 43.1 Å². The van der Waals surface area contributed by atoms with Crippen LogP contribution < -0.4 is 4.90 Å². The predicted molar refractivity (Wildman–Crippen MR) is 104 cm³/mol. The van der Waals surface area contributed by atoms with E-state index in [4.69, 9.17) is 11.8 Å². The third kappa shape index (κ3) is 2.79. The van der Waals surface area contributed by atoms with Crippen LogP contribution in [0.4, 0.5) is 5.69 Å². The van der Waals surface area contributed by atoms with E-state index in [1.165, 1.54) is 16.9 Å². The summed E-state index contributed by atoms with van der Waals surface area (Å²) >= 11 is 6.16. The first-order valence-corrected chi connectivity index (χ1v) is 11.2. The number of likely N-dealkylation sites (N-methyl/N-ethyl adjacent to an activating group) is 1. The molecule has 0 N–H and O–H groups in total. The zero-order valence-electron chi connectivity index (χ0n) is 14.8. The Kier molecular flexibility index (Phi) is 5.21. The number of nitrogens with zero attached hydrogens (tertiary/aromatic N) is 2. The van der Waals surface area contributed by atoms with Crippen LogP contribution in [0, 0.1) is 0 Å². The molecule has 0 bridgehead atoms. The van der Waals surface area contributed by atoms with Gasteiger partial charge in [-0.2, -0.15) is 0 Å². The number of anilines is 1. The summed E-state index contributed by atoms with van der Waals surface area (Å²) in [5, 5.41) is 0. The Balaban J connectivity index is 2.55. The average Bonchev–Trinajstić information content (AvgIpc) is 2.70. The Morgan fingerprint density at radius 1 is 1.18 bits per heavy atom. The maximum absolute atomic E-state index is 6.16. The summed E-state index contributed by atoms with van der Waals surface area (Å²) in [5.74, 6) is 2.44. The van der Waals surface area contributed by atoms with Crippen molar-refractivity contribution in [1.29, 1.82) is 0 Å². The Labute approximate surface area is 141 Å². The zero-order valence-corrected chi connectivity index (χ0v) is 16.5. The number of para-hydroxylation sites is 1. The number of rotatable bonds is 5. The highest BCUT2D eigenvalue weighted by Gasteiger charge is 2.39. The standard InChI is InChI=1S/C18H29N2PS/c1-7-20(8-2)21(22,9-3)14-17-18(4,5)15-12-10-11-13-16(15)19(17)6/h10-14H,7-9H2,1-6H3/t21-/m0/s1. The highest BCUT2D eigenvalue weighted by Crippen LogP contribution is 2.56. The summed E-state index contributed by atoms with van der Waals surface area (Å²) in [6, 6.07) is 8.72. The van der Waals surface area contributed by atoms with E-state index in [0.29, 0.717) is 0 Å². The first-order chi connectivity index (χ1) is 10.3. The number of hydrogen-bond acceptors (Lipinski definition) is 2. The first kappa shape index (κ1) is 17.7. The maximum Gasteiger partial charge on any atom is 0.0448 e. The Morgan fingerprint density at radius 2 is 1.77 bits per heavy atom. The largest absolute Gasteiger partial charge is 0.347 e. The summed E-state index contributed by atoms with van der Waals surface area (Å²) in [6.45, 7) is 13.4. The van der Waals surface area contributed by atoms with Gasteiger partial charge in [0.15, 0.2) is 0 Å². The molecule has 122 valence electrons. The molecule has 1 aromatic carbocycles. The van der Waals surface area contributed by atoms with Crippen LogP contribution in [0.1, 0.15) is 40.2 Å². The molecule has 0 fully saturated rings. The second kappa shape index (κ2) is 6.47. The van der Waals surface area contributed by atoms with Crippen LogP contribution >= 0.6 is 6.19 Å². The minimum atomic E-state index is -1.64. The van der Waals surface area contributed by atoms with Crippen LogP contribution in [0.15, 0.2) is 35.8 Å². The van der Waals surface area contributed by atoms with Crippen LogP contribution in [0.3, 0.4) is 0 Å². The molecule has 1 aromatic rings. The molecule has 4 heteroatoms. The van der Waals surface area contributed by atoms with Gasteiger partial charge in [0.2, 0.25) is 0 Å². The van der Waals surface area contributed by atoms with E-state index >= 15 is 0 Å². The van der Waals surface area contributed by atoms with E-state index in [1.807, 2.05) is 0 Å². The molecule has 2 nitrogen and oxygen atoms in total. The minimum absolute atomic E-state index is 0.0255. The fourth-order valence-electron chi connectivity index (χ4n) is 3.50. The number of hydrogen-bond donors (Lipinski definition) is 0. The minimum Gasteiger partial charge on any atom is -0.347 e. The van der Waals surface area contributed by atoms with Gasteiger partial charge in [0.25, 0.3) is 0 Å².